The molecule has 17 nitrogen and oxygen atoms in total. The Bertz CT molecular complexity index is 2240. The van der Waals surface area contributed by atoms with Crippen LogP contribution in [0, 0.1) is 34.7 Å². The van der Waals surface area contributed by atoms with E-state index in [4.69, 9.17) is 33.5 Å². The summed E-state index contributed by atoms with van der Waals surface area (Å²) in [6, 6.07) is 8.72. The maximum atomic E-state index is 15.7. The van der Waals surface area contributed by atoms with Crippen molar-refractivity contribution in [1.29, 1.82) is 5.26 Å². The zero-order valence-electron chi connectivity index (χ0n) is 32.4. The average Bonchev–Trinajstić information content (AvgIpc) is 3.74. The summed E-state index contributed by atoms with van der Waals surface area (Å²) in [5.74, 6) is -4.29. The van der Waals surface area contributed by atoms with Crippen LogP contribution in [0.4, 0.5) is 18.0 Å². The van der Waals surface area contributed by atoms with Crippen molar-refractivity contribution in [3.05, 3.63) is 114 Å². The van der Waals surface area contributed by atoms with Crippen molar-refractivity contribution >= 4 is 46.3 Å². The molecule has 2 aromatic carbocycles. The molecule has 22 heteroatoms. The second kappa shape index (κ2) is 21.8. The van der Waals surface area contributed by atoms with E-state index in [1.54, 1.807) is 25.2 Å². The van der Waals surface area contributed by atoms with Gasteiger partial charge >= 0.3 is 22.5 Å². The number of thioether (sulfide) groups is 1. The smallest absolute Gasteiger partial charge is 0.425 e. The Labute approximate surface area is 352 Å². The second-order valence-corrected chi connectivity index (χ2v) is 16.3. The Kier molecular flexibility index (Phi) is 16.6. The first-order chi connectivity index (χ1) is 29.1. The lowest BCUT2D eigenvalue weighted by Gasteiger charge is -2.40. The number of hydrogen-bond acceptors (Lipinski definition) is 15. The lowest BCUT2D eigenvalue weighted by molar-refractivity contribution is -0.149. The van der Waals surface area contributed by atoms with Crippen molar-refractivity contribution in [1.82, 2.24) is 19.7 Å². The fourth-order valence-corrected chi connectivity index (χ4v) is 7.96. The monoisotopic (exact) mass is 891 g/mol. The number of halogens is 3. The number of ether oxygens (including phenoxy) is 5. The van der Waals surface area contributed by atoms with Crippen LogP contribution in [0.3, 0.4) is 0 Å². The highest BCUT2D eigenvalue weighted by molar-refractivity contribution is 8.00. The molecule has 0 radical (unpaired) electrons. The molecule has 1 aromatic heterocycles. The molecule has 2 aliphatic heterocycles. The quantitative estimate of drug-likeness (QED) is 0.0629. The number of nitrogens with zero attached hydrogens (tertiary/aromatic N) is 5. The van der Waals surface area contributed by atoms with Crippen LogP contribution in [-0.2, 0) is 60.0 Å². The van der Waals surface area contributed by atoms with Crippen LogP contribution in [0.2, 0.25) is 0 Å². The van der Waals surface area contributed by atoms with Gasteiger partial charge < -0.3 is 28.6 Å². The van der Waals surface area contributed by atoms with E-state index >= 15 is 4.39 Å². The van der Waals surface area contributed by atoms with Gasteiger partial charge in [-0.15, -0.1) is 11.8 Å². The Morgan fingerprint density at radius 2 is 1.82 bits per heavy atom. The zero-order valence-corrected chi connectivity index (χ0v) is 34.0. The fourth-order valence-electron chi connectivity index (χ4n) is 6.23. The first-order valence-corrected chi connectivity index (χ1v) is 20.8. The molecule has 0 unspecified atom stereocenters. The molecular weight excluding hydrogens is 852 g/mol. The summed E-state index contributed by atoms with van der Waals surface area (Å²) in [6.07, 6.45) is 9.18. The first-order valence-electron chi connectivity index (χ1n) is 18.5. The largest absolute Gasteiger partial charge is 0.512 e. The van der Waals surface area contributed by atoms with Gasteiger partial charge in [-0.1, -0.05) is 24.3 Å². The number of nitriles is 1. The number of allylic oxidation sites excluding steroid dienone is 2. The molecule has 1 amide bonds. The van der Waals surface area contributed by atoms with Crippen molar-refractivity contribution in [2.45, 2.75) is 48.7 Å². The maximum absolute atomic E-state index is 15.7. The van der Waals surface area contributed by atoms with E-state index in [0.717, 1.165) is 30.4 Å². The summed E-state index contributed by atoms with van der Waals surface area (Å²) in [7, 11) is -4.58. The second-order valence-electron chi connectivity index (χ2n) is 13.5. The SMILES string of the molecule is C[C@@H](SC1COC(/C=C/C=C/c2ccc(C#N)cc2F)OC1)[C@@](Cn1cncn1)(OC(=O)OCOC(=O)/C=C/C(=O)N1CCC(COS(=O)(=O)O)CC1)c1ccc(F)cc1F. The fraction of sp³-hybridized carbons (Fsp3) is 0.385. The number of rotatable bonds is 17. The minimum atomic E-state index is -4.58. The average molecular weight is 892 g/mol. The highest BCUT2D eigenvalue weighted by Crippen LogP contribution is 2.42. The highest BCUT2D eigenvalue weighted by Gasteiger charge is 2.47. The van der Waals surface area contributed by atoms with Crippen molar-refractivity contribution in [3.8, 4) is 6.07 Å². The van der Waals surface area contributed by atoms with Gasteiger partial charge in [0.25, 0.3) is 0 Å². The predicted octanol–water partition coefficient (Wildman–Crippen LogP) is 4.86. The number of hydrogen-bond donors (Lipinski definition) is 1. The van der Waals surface area contributed by atoms with Gasteiger partial charge in [0.1, 0.15) is 30.1 Å². The van der Waals surface area contributed by atoms with E-state index in [0.29, 0.717) is 18.9 Å². The molecule has 3 heterocycles. The summed E-state index contributed by atoms with van der Waals surface area (Å²) in [5, 5.41) is 11.8. The van der Waals surface area contributed by atoms with Crippen molar-refractivity contribution < 1.29 is 68.4 Å². The van der Waals surface area contributed by atoms with Gasteiger partial charge in [-0.25, -0.2) is 36.6 Å². The van der Waals surface area contributed by atoms with Gasteiger partial charge in [0.05, 0.1) is 43.2 Å². The number of carbonyl (C=O) groups is 3. The Balaban J connectivity index is 1.19. The summed E-state index contributed by atoms with van der Waals surface area (Å²) in [5.41, 5.74) is -1.72. The standard InChI is InChI=1S/C39H40F3N5O12S2/c1-26(60-31-20-54-37(55-21-31)5-3-2-4-29-7-6-28(18-43)16-33(29)41)39(22-47-24-44-23-45-47,32-9-8-30(40)17-34(32)42)59-38(50)57-25-56-36(49)11-10-35(48)46-14-12-27(13-15-46)19-58-61(51,52)53/h2-11,16-17,23-24,26-27,31,37H,12-15,19-22,25H2,1H3,(H,51,52,53)/b4-2+,5-3+,11-10+/t26-,31?,37?,39-/m1/s1. The minimum Gasteiger partial charge on any atom is -0.425 e. The lowest BCUT2D eigenvalue weighted by atomic mass is 9.89. The van der Waals surface area contributed by atoms with Crippen LogP contribution in [-0.4, -0.2) is 107 Å². The molecule has 2 atom stereocenters. The Morgan fingerprint density at radius 1 is 1.07 bits per heavy atom. The molecule has 5 rings (SSSR count). The highest BCUT2D eigenvalue weighted by atomic mass is 32.3. The van der Waals surface area contributed by atoms with Gasteiger partial charge in [0.2, 0.25) is 12.7 Å². The van der Waals surface area contributed by atoms with Crippen LogP contribution >= 0.6 is 11.8 Å². The predicted molar refractivity (Wildman–Crippen MR) is 208 cm³/mol. The van der Waals surface area contributed by atoms with Crippen molar-refractivity contribution in [3.63, 3.8) is 0 Å². The van der Waals surface area contributed by atoms with E-state index in [9.17, 15) is 31.6 Å². The first kappa shape index (κ1) is 46.5. The number of benzene rings is 2. The molecule has 0 spiro atoms. The summed E-state index contributed by atoms with van der Waals surface area (Å²) in [6.45, 7) is 0.819. The number of likely N-dealkylation sites (tertiary alicyclic amines) is 1. The van der Waals surface area contributed by atoms with Gasteiger partial charge in [-0.05, 0) is 56.0 Å². The third-order valence-corrected chi connectivity index (χ3v) is 11.2. The molecule has 3 aromatic rings. The number of piperidine rings is 1. The Morgan fingerprint density at radius 3 is 2.48 bits per heavy atom. The van der Waals surface area contributed by atoms with Crippen molar-refractivity contribution in [2.75, 3.05) is 39.7 Å². The molecule has 2 fully saturated rings. The summed E-state index contributed by atoms with van der Waals surface area (Å²) >= 11 is 1.21. The third kappa shape index (κ3) is 14.0. The van der Waals surface area contributed by atoms with E-state index in [1.807, 2.05) is 6.07 Å². The molecule has 61 heavy (non-hydrogen) atoms. The van der Waals surface area contributed by atoms with Gasteiger partial charge in [0, 0.05) is 47.7 Å². The number of aromatic nitrogens is 3. The summed E-state index contributed by atoms with van der Waals surface area (Å²) in [4.78, 5) is 43.6. The number of esters is 1. The third-order valence-electron chi connectivity index (χ3n) is 9.37. The maximum Gasteiger partial charge on any atom is 0.512 e. The van der Waals surface area contributed by atoms with E-state index < -0.39 is 75.1 Å². The molecule has 0 bridgehead atoms. The van der Waals surface area contributed by atoms with E-state index in [1.165, 1.54) is 52.2 Å². The van der Waals surface area contributed by atoms with E-state index in [-0.39, 0.29) is 62.1 Å². The van der Waals surface area contributed by atoms with Crippen LogP contribution < -0.4 is 0 Å². The Hall–Kier alpha value is -5.57. The number of amides is 1. The van der Waals surface area contributed by atoms with Crippen LogP contribution in [0.25, 0.3) is 6.08 Å². The van der Waals surface area contributed by atoms with E-state index in [2.05, 4.69) is 14.3 Å². The minimum absolute atomic E-state index is 0.129. The van der Waals surface area contributed by atoms with Crippen molar-refractivity contribution in [2.24, 2.45) is 5.92 Å². The normalized spacial score (nSPS) is 19.1. The zero-order chi connectivity index (χ0) is 44.0. The molecule has 1 N–H and O–H groups in total. The van der Waals surface area contributed by atoms with Gasteiger partial charge in [-0.2, -0.15) is 18.8 Å². The van der Waals surface area contributed by atoms with Gasteiger partial charge in [0.15, 0.2) is 11.9 Å². The lowest BCUT2D eigenvalue weighted by Crippen LogP contribution is -2.47. The number of carbonyl (C=O) groups excluding carboxylic acids is 3. The molecule has 2 saturated heterocycles. The molecule has 0 aliphatic carbocycles. The van der Waals surface area contributed by atoms with Crippen LogP contribution in [0.5, 0.6) is 0 Å². The molecule has 0 saturated carbocycles. The summed E-state index contributed by atoms with van der Waals surface area (Å²) < 4.78 is 108. The van der Waals surface area contributed by atoms with Crippen LogP contribution in [0.1, 0.15) is 36.5 Å². The van der Waals surface area contributed by atoms with Crippen LogP contribution in [0.15, 0.2) is 79.4 Å². The topological polar surface area (TPSA) is 219 Å². The molecule has 2 aliphatic rings. The molecule has 326 valence electrons. The molecular formula is C39H40F3N5O12S2. The van der Waals surface area contributed by atoms with Gasteiger partial charge in [-0.3, -0.25) is 9.35 Å².